The molecule has 0 saturated carbocycles. The van der Waals surface area contributed by atoms with Crippen molar-refractivity contribution in [1.29, 1.82) is 0 Å². The van der Waals surface area contributed by atoms with Crippen LogP contribution in [0.15, 0.2) is 72.8 Å². The zero-order valence-corrected chi connectivity index (χ0v) is 22.0. The molecular formula is C30H30F2N6O2. The van der Waals surface area contributed by atoms with E-state index in [1.54, 1.807) is 48.2 Å². The summed E-state index contributed by atoms with van der Waals surface area (Å²) in [5.41, 5.74) is 9.67. The van der Waals surface area contributed by atoms with Gasteiger partial charge >= 0.3 is 0 Å². The van der Waals surface area contributed by atoms with Crippen molar-refractivity contribution in [1.82, 2.24) is 14.5 Å². The van der Waals surface area contributed by atoms with Gasteiger partial charge in [-0.05, 0) is 60.5 Å². The number of nitrogens with two attached hydrogens (primary N) is 1. The first kappa shape index (κ1) is 27.0. The Labute approximate surface area is 230 Å². The number of rotatable bonds is 8. The molecule has 0 aliphatic carbocycles. The number of benzene rings is 3. The predicted molar refractivity (Wildman–Crippen MR) is 150 cm³/mol. The molecule has 0 bridgehead atoms. The lowest BCUT2D eigenvalue weighted by Crippen LogP contribution is -2.47. The van der Waals surface area contributed by atoms with Gasteiger partial charge in [0.05, 0.1) is 12.6 Å². The Balaban J connectivity index is 1.34. The van der Waals surface area contributed by atoms with E-state index in [9.17, 15) is 18.4 Å². The molecule has 0 spiro atoms. The maximum Gasteiger partial charge on any atom is 0.240 e. The number of carbonyl (C=O) groups excluding carboxylic acids is 2. The molecule has 4 aromatic rings. The Morgan fingerprint density at radius 2 is 1.70 bits per heavy atom. The SMILES string of the molecule is CCC(=O)Nc1ccc(C[C@H](N)C(=O)N2CCn3c(nc(-c4cccc(F)c4)c3Nc3ccc(F)cc3)C2)cc1. The van der Waals surface area contributed by atoms with E-state index in [-0.39, 0.29) is 30.0 Å². The summed E-state index contributed by atoms with van der Waals surface area (Å²) in [5.74, 6) is 0.263. The van der Waals surface area contributed by atoms with E-state index in [1.165, 1.54) is 24.3 Å². The highest BCUT2D eigenvalue weighted by molar-refractivity contribution is 5.90. The largest absolute Gasteiger partial charge is 0.340 e. The molecule has 40 heavy (non-hydrogen) atoms. The Kier molecular flexibility index (Phi) is 7.88. The van der Waals surface area contributed by atoms with Gasteiger partial charge in [-0.25, -0.2) is 13.8 Å². The number of nitrogens with zero attached hydrogens (tertiary/aromatic N) is 3. The number of halogens is 2. The van der Waals surface area contributed by atoms with Gasteiger partial charge in [0.1, 0.15) is 29.0 Å². The summed E-state index contributed by atoms with van der Waals surface area (Å²) in [6.45, 7) is 2.89. The summed E-state index contributed by atoms with van der Waals surface area (Å²) >= 11 is 0. The van der Waals surface area contributed by atoms with E-state index in [0.29, 0.717) is 60.2 Å². The van der Waals surface area contributed by atoms with E-state index in [2.05, 4.69) is 10.6 Å². The minimum absolute atomic E-state index is 0.0698. The third-order valence-corrected chi connectivity index (χ3v) is 6.82. The molecule has 10 heteroatoms. The zero-order chi connectivity index (χ0) is 28.2. The highest BCUT2D eigenvalue weighted by Crippen LogP contribution is 2.33. The number of imidazole rings is 1. The molecule has 0 radical (unpaired) electrons. The smallest absolute Gasteiger partial charge is 0.240 e. The second-order valence-electron chi connectivity index (χ2n) is 9.69. The van der Waals surface area contributed by atoms with E-state index in [4.69, 9.17) is 10.7 Å². The number of nitrogens with one attached hydrogen (secondary N) is 2. The summed E-state index contributed by atoms with van der Waals surface area (Å²) in [7, 11) is 0. The average Bonchev–Trinajstić information content (AvgIpc) is 3.32. The lowest BCUT2D eigenvalue weighted by molar-refractivity contribution is -0.134. The Bertz CT molecular complexity index is 1520. The Hall–Kier alpha value is -4.57. The van der Waals surface area contributed by atoms with E-state index >= 15 is 0 Å². The molecule has 0 unspecified atom stereocenters. The first-order chi connectivity index (χ1) is 19.3. The zero-order valence-electron chi connectivity index (χ0n) is 22.0. The number of hydrogen-bond acceptors (Lipinski definition) is 5. The number of fused-ring (bicyclic) bond motifs is 1. The Morgan fingerprint density at radius 1 is 0.975 bits per heavy atom. The fourth-order valence-corrected chi connectivity index (χ4v) is 4.70. The number of anilines is 3. The number of aromatic nitrogens is 2. The van der Waals surface area contributed by atoms with Crippen LogP contribution in [0.1, 0.15) is 24.7 Å². The van der Waals surface area contributed by atoms with Crippen LogP contribution < -0.4 is 16.4 Å². The standard InChI is InChI=1S/C30H30F2N6O2/c1-2-27(39)34-23-10-6-19(7-11-23)16-25(33)30(40)37-14-15-38-26(18-37)36-28(20-4-3-5-22(32)17-20)29(38)35-24-12-8-21(31)9-13-24/h3-13,17,25,35H,2,14-16,18,33H2,1H3,(H,34,39)/t25-/m0/s1. The van der Waals surface area contributed by atoms with Gasteiger partial charge in [0.25, 0.3) is 0 Å². The fourth-order valence-electron chi connectivity index (χ4n) is 4.70. The minimum Gasteiger partial charge on any atom is -0.340 e. The number of amides is 2. The van der Waals surface area contributed by atoms with Crippen LogP contribution in [0.2, 0.25) is 0 Å². The van der Waals surface area contributed by atoms with Crippen molar-refractivity contribution < 1.29 is 18.4 Å². The maximum atomic E-state index is 14.1. The van der Waals surface area contributed by atoms with Crippen LogP contribution in [0.5, 0.6) is 0 Å². The monoisotopic (exact) mass is 544 g/mol. The molecule has 2 heterocycles. The topological polar surface area (TPSA) is 105 Å². The van der Waals surface area contributed by atoms with Crippen molar-refractivity contribution in [3.05, 3.63) is 95.8 Å². The second-order valence-corrected chi connectivity index (χ2v) is 9.69. The third-order valence-electron chi connectivity index (χ3n) is 6.82. The molecule has 1 aliphatic rings. The highest BCUT2D eigenvalue weighted by Gasteiger charge is 2.29. The van der Waals surface area contributed by atoms with Crippen molar-refractivity contribution in [2.24, 2.45) is 5.73 Å². The van der Waals surface area contributed by atoms with Crippen LogP contribution in [0, 0.1) is 11.6 Å². The molecular weight excluding hydrogens is 514 g/mol. The van der Waals surface area contributed by atoms with Gasteiger partial charge in [-0.3, -0.25) is 9.59 Å². The van der Waals surface area contributed by atoms with Gasteiger partial charge in [-0.2, -0.15) is 0 Å². The van der Waals surface area contributed by atoms with E-state index < -0.39 is 6.04 Å². The van der Waals surface area contributed by atoms with Crippen LogP contribution in [0.25, 0.3) is 11.3 Å². The van der Waals surface area contributed by atoms with E-state index in [0.717, 1.165) is 5.56 Å². The summed E-state index contributed by atoms with van der Waals surface area (Å²) in [6, 6.07) is 18.6. The van der Waals surface area contributed by atoms with Crippen molar-refractivity contribution in [2.75, 3.05) is 17.2 Å². The van der Waals surface area contributed by atoms with Gasteiger partial charge in [-0.15, -0.1) is 0 Å². The number of hydrogen-bond donors (Lipinski definition) is 3. The van der Waals surface area contributed by atoms with E-state index in [1.807, 2.05) is 16.7 Å². The van der Waals surface area contributed by atoms with Crippen LogP contribution in [0.4, 0.5) is 26.0 Å². The lowest BCUT2D eigenvalue weighted by atomic mass is 10.0. The molecule has 206 valence electrons. The molecule has 5 rings (SSSR count). The van der Waals surface area contributed by atoms with Crippen molar-refractivity contribution in [2.45, 2.75) is 38.9 Å². The van der Waals surface area contributed by atoms with Gasteiger partial charge in [-0.1, -0.05) is 31.2 Å². The van der Waals surface area contributed by atoms with Crippen LogP contribution in [-0.2, 0) is 29.1 Å². The minimum atomic E-state index is -0.753. The highest BCUT2D eigenvalue weighted by atomic mass is 19.1. The summed E-state index contributed by atoms with van der Waals surface area (Å²) in [6.07, 6.45) is 0.737. The quantitative estimate of drug-likeness (QED) is 0.295. The molecule has 2 amide bonds. The normalized spacial score (nSPS) is 13.4. The molecule has 4 N–H and O–H groups in total. The summed E-state index contributed by atoms with van der Waals surface area (Å²) in [5, 5.41) is 6.10. The van der Waals surface area contributed by atoms with Crippen molar-refractivity contribution in [3.8, 4) is 11.3 Å². The molecule has 8 nitrogen and oxygen atoms in total. The third kappa shape index (κ3) is 6.02. The van der Waals surface area contributed by atoms with Crippen LogP contribution in [0.3, 0.4) is 0 Å². The first-order valence-corrected chi connectivity index (χ1v) is 13.1. The summed E-state index contributed by atoms with van der Waals surface area (Å²) < 4.78 is 29.5. The van der Waals surface area contributed by atoms with Crippen LogP contribution >= 0.6 is 0 Å². The molecule has 0 fully saturated rings. The molecule has 3 aromatic carbocycles. The fraction of sp³-hybridized carbons (Fsp3) is 0.233. The summed E-state index contributed by atoms with van der Waals surface area (Å²) in [4.78, 5) is 31.4. The second kappa shape index (κ2) is 11.7. The van der Waals surface area contributed by atoms with Crippen LogP contribution in [-0.4, -0.2) is 38.9 Å². The Morgan fingerprint density at radius 3 is 2.40 bits per heavy atom. The van der Waals surface area contributed by atoms with Gasteiger partial charge in [0.15, 0.2) is 0 Å². The van der Waals surface area contributed by atoms with Gasteiger partial charge in [0, 0.05) is 36.4 Å². The lowest BCUT2D eigenvalue weighted by Gasteiger charge is -2.30. The van der Waals surface area contributed by atoms with Crippen molar-refractivity contribution >= 4 is 29.0 Å². The molecule has 1 aromatic heterocycles. The van der Waals surface area contributed by atoms with Crippen molar-refractivity contribution in [3.63, 3.8) is 0 Å². The molecule has 1 atom stereocenters. The predicted octanol–water partition coefficient (Wildman–Crippen LogP) is 4.83. The molecule has 1 aliphatic heterocycles. The maximum absolute atomic E-state index is 14.1. The number of carbonyl (C=O) groups is 2. The average molecular weight is 545 g/mol. The van der Waals surface area contributed by atoms with Gasteiger partial charge in [0.2, 0.25) is 11.8 Å². The first-order valence-electron chi connectivity index (χ1n) is 13.1. The van der Waals surface area contributed by atoms with Gasteiger partial charge < -0.3 is 25.8 Å². The molecule has 0 saturated heterocycles.